The summed E-state index contributed by atoms with van der Waals surface area (Å²) in [4.78, 5) is 11.9. The molecule has 7 nitrogen and oxygen atoms in total. The Hall–Kier alpha value is -1.96. The van der Waals surface area contributed by atoms with Gasteiger partial charge in [0, 0.05) is 12.1 Å². The van der Waals surface area contributed by atoms with Gasteiger partial charge >= 0.3 is 0 Å². The number of sulfone groups is 1. The minimum absolute atomic E-state index is 0.0151. The van der Waals surface area contributed by atoms with E-state index in [1.165, 1.54) is 7.11 Å². The Morgan fingerprint density at radius 3 is 2.68 bits per heavy atom. The zero-order valence-electron chi connectivity index (χ0n) is 12.6. The van der Waals surface area contributed by atoms with E-state index in [2.05, 4.69) is 10.6 Å². The highest BCUT2D eigenvalue weighted by molar-refractivity contribution is 7.91. The molecule has 1 heterocycles. The van der Waals surface area contributed by atoms with Crippen molar-refractivity contribution < 1.29 is 22.7 Å². The van der Waals surface area contributed by atoms with Crippen LogP contribution in [-0.4, -0.2) is 52.6 Å². The topological polar surface area (TPSA) is 93.7 Å². The van der Waals surface area contributed by atoms with Gasteiger partial charge in [-0.2, -0.15) is 0 Å². The highest BCUT2D eigenvalue weighted by Gasteiger charge is 2.28. The Balaban J connectivity index is 1.91. The third-order valence-electron chi connectivity index (χ3n) is 3.44. The maximum absolute atomic E-state index is 11.9. The van der Waals surface area contributed by atoms with Crippen LogP contribution in [0.15, 0.2) is 18.2 Å². The minimum Gasteiger partial charge on any atom is -0.497 e. The zero-order chi connectivity index (χ0) is 16.2. The average molecular weight is 328 g/mol. The standard InChI is InChI=1S/C14H20N2O5S/c1-20-11-3-4-13(21-2)12(7-11)15-8-14(17)16-10-5-6-22(18,19)9-10/h3-4,7,10,15H,5-6,8-9H2,1-2H3,(H,16,17). The zero-order valence-corrected chi connectivity index (χ0v) is 13.4. The highest BCUT2D eigenvalue weighted by Crippen LogP contribution is 2.28. The molecule has 0 bridgehead atoms. The normalized spacial score (nSPS) is 19.5. The van der Waals surface area contributed by atoms with E-state index in [0.29, 0.717) is 23.6 Å². The number of benzene rings is 1. The van der Waals surface area contributed by atoms with Crippen molar-refractivity contribution in [2.24, 2.45) is 0 Å². The predicted molar refractivity (Wildman–Crippen MR) is 83.2 cm³/mol. The van der Waals surface area contributed by atoms with E-state index in [1.807, 2.05) is 0 Å². The minimum atomic E-state index is -3.00. The molecule has 0 aromatic heterocycles. The summed E-state index contributed by atoms with van der Waals surface area (Å²) in [6.07, 6.45) is 0.469. The molecule has 0 radical (unpaired) electrons. The molecule has 8 heteroatoms. The largest absolute Gasteiger partial charge is 0.497 e. The quantitative estimate of drug-likeness (QED) is 0.786. The predicted octanol–water partition coefficient (Wildman–Crippen LogP) is 0.419. The fourth-order valence-electron chi connectivity index (χ4n) is 2.32. The van der Waals surface area contributed by atoms with E-state index in [9.17, 15) is 13.2 Å². The van der Waals surface area contributed by atoms with Gasteiger partial charge in [-0.3, -0.25) is 4.79 Å². The highest BCUT2D eigenvalue weighted by atomic mass is 32.2. The van der Waals surface area contributed by atoms with Gasteiger partial charge in [0.1, 0.15) is 11.5 Å². The fraction of sp³-hybridized carbons (Fsp3) is 0.500. The first-order valence-electron chi connectivity index (χ1n) is 6.89. The molecule has 122 valence electrons. The average Bonchev–Trinajstić information content (AvgIpc) is 2.83. The van der Waals surface area contributed by atoms with E-state index in [4.69, 9.17) is 9.47 Å². The lowest BCUT2D eigenvalue weighted by molar-refractivity contribution is -0.119. The van der Waals surface area contributed by atoms with Gasteiger partial charge in [0.15, 0.2) is 9.84 Å². The molecule has 0 aliphatic carbocycles. The molecule has 2 rings (SSSR count). The molecule has 0 spiro atoms. The monoisotopic (exact) mass is 328 g/mol. The maximum atomic E-state index is 11.9. The first kappa shape index (κ1) is 16.4. The van der Waals surface area contributed by atoms with Gasteiger partial charge in [0.25, 0.3) is 0 Å². The summed E-state index contributed by atoms with van der Waals surface area (Å²) >= 11 is 0. The number of amides is 1. The van der Waals surface area contributed by atoms with E-state index >= 15 is 0 Å². The van der Waals surface area contributed by atoms with Crippen LogP contribution in [0.4, 0.5) is 5.69 Å². The van der Waals surface area contributed by atoms with Gasteiger partial charge in [0.05, 0.1) is 38.0 Å². The van der Waals surface area contributed by atoms with Crippen LogP contribution in [0.5, 0.6) is 11.5 Å². The molecule has 1 amide bonds. The Labute approximate surface area is 129 Å². The molecule has 1 unspecified atom stereocenters. The lowest BCUT2D eigenvalue weighted by Crippen LogP contribution is -2.39. The number of anilines is 1. The smallest absolute Gasteiger partial charge is 0.239 e. The first-order chi connectivity index (χ1) is 10.4. The van der Waals surface area contributed by atoms with Crippen LogP contribution in [0, 0.1) is 0 Å². The van der Waals surface area contributed by atoms with Gasteiger partial charge in [-0.15, -0.1) is 0 Å². The molecule has 1 atom stereocenters. The van der Waals surface area contributed by atoms with Gasteiger partial charge in [-0.05, 0) is 18.6 Å². The molecular formula is C14H20N2O5S. The summed E-state index contributed by atoms with van der Waals surface area (Å²) in [5, 5.41) is 5.69. The van der Waals surface area contributed by atoms with Gasteiger partial charge in [-0.1, -0.05) is 0 Å². The molecule has 1 saturated heterocycles. The number of nitrogens with one attached hydrogen (secondary N) is 2. The summed E-state index contributed by atoms with van der Waals surface area (Å²) in [6.45, 7) is 0.0279. The summed E-state index contributed by atoms with van der Waals surface area (Å²) < 4.78 is 33.1. The van der Waals surface area contributed by atoms with Crippen LogP contribution in [-0.2, 0) is 14.6 Å². The van der Waals surface area contributed by atoms with E-state index in [0.717, 1.165) is 0 Å². The van der Waals surface area contributed by atoms with Gasteiger partial charge in [-0.25, -0.2) is 8.42 Å². The Morgan fingerprint density at radius 2 is 2.09 bits per heavy atom. The van der Waals surface area contributed by atoms with Crippen LogP contribution in [0.1, 0.15) is 6.42 Å². The Kier molecular flexibility index (Phi) is 5.12. The third-order valence-corrected chi connectivity index (χ3v) is 5.21. The Morgan fingerprint density at radius 1 is 1.32 bits per heavy atom. The first-order valence-corrected chi connectivity index (χ1v) is 8.71. The fourth-order valence-corrected chi connectivity index (χ4v) is 3.99. The van der Waals surface area contributed by atoms with Gasteiger partial charge < -0.3 is 20.1 Å². The van der Waals surface area contributed by atoms with E-state index in [-0.39, 0.29) is 30.0 Å². The van der Waals surface area contributed by atoms with Crippen molar-refractivity contribution in [1.82, 2.24) is 5.32 Å². The molecule has 1 aromatic carbocycles. The molecule has 0 saturated carbocycles. The number of rotatable bonds is 6. The summed E-state index contributed by atoms with van der Waals surface area (Å²) in [5.74, 6) is 1.13. The molecular weight excluding hydrogens is 308 g/mol. The van der Waals surface area contributed by atoms with Gasteiger partial charge in [0.2, 0.25) is 5.91 Å². The van der Waals surface area contributed by atoms with Crippen molar-refractivity contribution in [2.45, 2.75) is 12.5 Å². The van der Waals surface area contributed by atoms with Crippen LogP contribution >= 0.6 is 0 Å². The third kappa shape index (κ3) is 4.27. The number of carbonyl (C=O) groups is 1. The maximum Gasteiger partial charge on any atom is 0.239 e. The van der Waals surface area contributed by atoms with Crippen molar-refractivity contribution in [3.8, 4) is 11.5 Å². The summed E-state index contributed by atoms with van der Waals surface area (Å²) in [7, 11) is 0.0930. The lowest BCUT2D eigenvalue weighted by Gasteiger charge is -2.14. The number of ether oxygens (including phenoxy) is 2. The molecule has 1 aliphatic rings. The molecule has 1 aliphatic heterocycles. The number of hydrogen-bond acceptors (Lipinski definition) is 6. The van der Waals surface area contributed by atoms with E-state index in [1.54, 1.807) is 25.3 Å². The molecule has 1 fully saturated rings. The second-order valence-electron chi connectivity index (χ2n) is 5.09. The Bertz CT molecular complexity index is 645. The van der Waals surface area contributed by atoms with Crippen LogP contribution in [0.3, 0.4) is 0 Å². The van der Waals surface area contributed by atoms with E-state index < -0.39 is 9.84 Å². The number of carbonyl (C=O) groups excluding carboxylic acids is 1. The van der Waals surface area contributed by atoms with Crippen molar-refractivity contribution in [3.05, 3.63) is 18.2 Å². The van der Waals surface area contributed by atoms with Crippen LogP contribution in [0.25, 0.3) is 0 Å². The molecule has 1 aromatic rings. The SMILES string of the molecule is COc1ccc(OC)c(NCC(=O)NC2CCS(=O)(=O)C2)c1. The van der Waals surface area contributed by atoms with Crippen LogP contribution in [0.2, 0.25) is 0 Å². The second-order valence-corrected chi connectivity index (χ2v) is 7.32. The summed E-state index contributed by atoms with van der Waals surface area (Å²) in [5.41, 5.74) is 0.635. The van der Waals surface area contributed by atoms with Crippen LogP contribution < -0.4 is 20.1 Å². The number of methoxy groups -OCH3 is 2. The number of hydrogen-bond donors (Lipinski definition) is 2. The van der Waals surface area contributed by atoms with Crippen molar-refractivity contribution in [1.29, 1.82) is 0 Å². The molecule has 2 N–H and O–H groups in total. The lowest BCUT2D eigenvalue weighted by atomic mass is 10.2. The second kappa shape index (κ2) is 6.87. The molecule has 22 heavy (non-hydrogen) atoms. The van der Waals surface area contributed by atoms with Crippen molar-refractivity contribution in [3.63, 3.8) is 0 Å². The summed E-state index contributed by atoms with van der Waals surface area (Å²) in [6, 6.07) is 4.92. The van der Waals surface area contributed by atoms with Crippen molar-refractivity contribution >= 4 is 21.4 Å². The van der Waals surface area contributed by atoms with Crippen molar-refractivity contribution in [2.75, 3.05) is 37.6 Å².